The first-order chi connectivity index (χ1) is 6.38. The predicted octanol–water partition coefficient (Wildman–Crippen LogP) is 2.34. The smallest absolute Gasteiger partial charge is 0.251 e. The fourth-order valence-electron chi connectivity index (χ4n) is 1.08. The highest BCUT2D eigenvalue weighted by Gasteiger charge is 2.09. The average molecular weight is 212 g/mol. The maximum absolute atomic E-state index is 10.9. The summed E-state index contributed by atoms with van der Waals surface area (Å²) in [6, 6.07) is 1.50. The van der Waals surface area contributed by atoms with E-state index in [1.54, 1.807) is 6.20 Å². The maximum atomic E-state index is 10.9. The Morgan fingerprint density at radius 3 is 2.64 bits per heavy atom. The lowest BCUT2D eigenvalue weighted by atomic mass is 9.92. The van der Waals surface area contributed by atoms with Crippen LogP contribution in [0.15, 0.2) is 17.1 Å². The second-order valence-electron chi connectivity index (χ2n) is 4.61. The fraction of sp³-hybridized carbons (Fsp3) is 0.600. The van der Waals surface area contributed by atoms with Gasteiger partial charge in [0.2, 0.25) is 0 Å². The number of nitrogens with zero attached hydrogens (tertiary/aromatic N) is 1. The molecule has 0 amide bonds. The average Bonchev–Trinajstić information content (AvgIpc) is 2.00. The van der Waals surface area contributed by atoms with Crippen molar-refractivity contribution in [1.82, 2.24) is 9.55 Å². The van der Waals surface area contributed by atoms with Gasteiger partial charge in [-0.25, -0.2) is 0 Å². The normalized spacial score (nSPS) is 11.6. The Balaban J connectivity index is 2.79. The molecule has 3 nitrogen and oxygen atoms in total. The number of nitrogens with one attached hydrogen (secondary N) is 1. The molecule has 0 spiro atoms. The van der Waals surface area contributed by atoms with Gasteiger partial charge in [-0.3, -0.25) is 9.78 Å². The fourth-order valence-corrected chi connectivity index (χ4v) is 1.33. The summed E-state index contributed by atoms with van der Waals surface area (Å²) in [6.45, 7) is 7.39. The molecule has 0 atom stereocenters. The molecule has 1 aromatic rings. The van der Waals surface area contributed by atoms with Crippen molar-refractivity contribution in [2.45, 2.75) is 33.7 Å². The number of aromatic nitrogens is 2. The van der Waals surface area contributed by atoms with E-state index < -0.39 is 0 Å². The van der Waals surface area contributed by atoms with Crippen LogP contribution in [-0.4, -0.2) is 9.55 Å². The molecule has 4 heteroatoms. The molecule has 1 heterocycles. The van der Waals surface area contributed by atoms with E-state index in [-0.39, 0.29) is 11.0 Å². The zero-order chi connectivity index (χ0) is 10.8. The summed E-state index contributed by atoms with van der Waals surface area (Å²) in [7, 11) is 0. The second-order valence-corrected chi connectivity index (χ2v) is 5.00. The molecule has 0 bridgehead atoms. The van der Waals surface area contributed by atoms with Crippen LogP contribution in [0.1, 0.15) is 27.2 Å². The van der Waals surface area contributed by atoms with Gasteiger partial charge in [-0.05, 0) is 24.1 Å². The molecule has 0 radical (unpaired) electrons. The van der Waals surface area contributed by atoms with Crippen molar-refractivity contribution in [3.63, 3.8) is 0 Å². The largest absolute Gasteiger partial charge is 0.325 e. The standard InChI is InChI=1S/C10H16N2OS/c1-10(2,3)5-7-12-6-4-8(13)11-9(12)14/h4,6H,5,7H2,1-3H3,(H,11,13,14). The van der Waals surface area contributed by atoms with Crippen molar-refractivity contribution in [2.75, 3.05) is 0 Å². The third kappa shape index (κ3) is 3.46. The van der Waals surface area contributed by atoms with Gasteiger partial charge in [0, 0.05) is 18.8 Å². The third-order valence-corrected chi connectivity index (χ3v) is 2.34. The molecule has 0 aliphatic carbocycles. The summed E-state index contributed by atoms with van der Waals surface area (Å²) in [5.41, 5.74) is 0.146. The van der Waals surface area contributed by atoms with E-state index in [1.165, 1.54) is 6.07 Å². The van der Waals surface area contributed by atoms with Crippen molar-refractivity contribution in [3.8, 4) is 0 Å². The van der Waals surface area contributed by atoms with E-state index in [0.29, 0.717) is 4.77 Å². The van der Waals surface area contributed by atoms with E-state index in [4.69, 9.17) is 12.2 Å². The summed E-state index contributed by atoms with van der Waals surface area (Å²) in [4.78, 5) is 13.5. The van der Waals surface area contributed by atoms with E-state index in [9.17, 15) is 4.79 Å². The highest BCUT2D eigenvalue weighted by Crippen LogP contribution is 2.18. The lowest BCUT2D eigenvalue weighted by molar-refractivity contribution is 0.348. The van der Waals surface area contributed by atoms with Gasteiger partial charge >= 0.3 is 0 Å². The van der Waals surface area contributed by atoms with Crippen LogP contribution < -0.4 is 5.56 Å². The first-order valence-electron chi connectivity index (χ1n) is 4.68. The lowest BCUT2D eigenvalue weighted by Gasteiger charge is -2.18. The van der Waals surface area contributed by atoms with E-state index in [2.05, 4.69) is 25.8 Å². The zero-order valence-corrected chi connectivity index (χ0v) is 9.65. The van der Waals surface area contributed by atoms with Crippen molar-refractivity contribution in [2.24, 2.45) is 5.41 Å². The molecule has 0 aliphatic rings. The molecule has 0 unspecified atom stereocenters. The molecule has 78 valence electrons. The summed E-state index contributed by atoms with van der Waals surface area (Å²) in [5, 5.41) is 0. The van der Waals surface area contributed by atoms with Gasteiger partial charge < -0.3 is 4.57 Å². The minimum atomic E-state index is -0.137. The Morgan fingerprint density at radius 1 is 1.50 bits per heavy atom. The Labute approximate surface area is 88.8 Å². The van der Waals surface area contributed by atoms with Crippen LogP contribution in [0.5, 0.6) is 0 Å². The van der Waals surface area contributed by atoms with Crippen LogP contribution in [-0.2, 0) is 6.54 Å². The topological polar surface area (TPSA) is 37.8 Å². The molecular formula is C10H16N2OS. The molecule has 0 saturated heterocycles. The van der Waals surface area contributed by atoms with Gasteiger partial charge in [-0.2, -0.15) is 0 Å². The van der Waals surface area contributed by atoms with E-state index >= 15 is 0 Å². The predicted molar refractivity (Wildman–Crippen MR) is 60.0 cm³/mol. The number of hydrogen-bond donors (Lipinski definition) is 1. The number of hydrogen-bond acceptors (Lipinski definition) is 2. The van der Waals surface area contributed by atoms with Crippen molar-refractivity contribution in [3.05, 3.63) is 27.4 Å². The summed E-state index contributed by atoms with van der Waals surface area (Å²) in [6.07, 6.45) is 2.78. The number of H-pyrrole nitrogens is 1. The molecule has 0 fully saturated rings. The summed E-state index contributed by atoms with van der Waals surface area (Å²) in [5.74, 6) is 0. The minimum Gasteiger partial charge on any atom is -0.325 e. The molecule has 0 saturated carbocycles. The van der Waals surface area contributed by atoms with Crippen LogP contribution in [0.25, 0.3) is 0 Å². The van der Waals surface area contributed by atoms with Gasteiger partial charge in [-0.1, -0.05) is 20.8 Å². The summed E-state index contributed by atoms with van der Waals surface area (Å²) < 4.78 is 2.39. The molecular weight excluding hydrogens is 196 g/mol. The zero-order valence-electron chi connectivity index (χ0n) is 8.83. The van der Waals surface area contributed by atoms with Gasteiger partial charge in [-0.15, -0.1) is 0 Å². The Hall–Kier alpha value is -0.900. The molecule has 0 aromatic carbocycles. The Kier molecular flexibility index (Phi) is 3.26. The molecule has 14 heavy (non-hydrogen) atoms. The monoisotopic (exact) mass is 212 g/mol. The van der Waals surface area contributed by atoms with Crippen molar-refractivity contribution < 1.29 is 0 Å². The van der Waals surface area contributed by atoms with Crippen LogP contribution in [0.2, 0.25) is 0 Å². The highest BCUT2D eigenvalue weighted by atomic mass is 32.1. The van der Waals surface area contributed by atoms with E-state index in [1.807, 2.05) is 4.57 Å². The maximum Gasteiger partial charge on any atom is 0.251 e. The van der Waals surface area contributed by atoms with Crippen LogP contribution in [0.3, 0.4) is 0 Å². The van der Waals surface area contributed by atoms with Crippen molar-refractivity contribution in [1.29, 1.82) is 0 Å². The number of aromatic amines is 1. The van der Waals surface area contributed by atoms with Gasteiger partial charge in [0.1, 0.15) is 0 Å². The molecule has 1 aromatic heterocycles. The van der Waals surface area contributed by atoms with Crippen LogP contribution in [0, 0.1) is 10.2 Å². The quantitative estimate of drug-likeness (QED) is 0.764. The van der Waals surface area contributed by atoms with Gasteiger partial charge in [0.15, 0.2) is 4.77 Å². The Bertz CT molecular complexity index is 411. The van der Waals surface area contributed by atoms with Gasteiger partial charge in [0.25, 0.3) is 5.56 Å². The van der Waals surface area contributed by atoms with Crippen LogP contribution in [0.4, 0.5) is 0 Å². The third-order valence-electron chi connectivity index (χ3n) is 2.00. The van der Waals surface area contributed by atoms with Crippen molar-refractivity contribution >= 4 is 12.2 Å². The molecule has 1 N–H and O–H groups in total. The molecule has 1 rings (SSSR count). The minimum absolute atomic E-state index is 0.137. The highest BCUT2D eigenvalue weighted by molar-refractivity contribution is 7.71. The van der Waals surface area contributed by atoms with E-state index in [0.717, 1.165) is 13.0 Å². The first kappa shape index (κ1) is 11.2. The first-order valence-corrected chi connectivity index (χ1v) is 5.09. The summed E-state index contributed by atoms with van der Waals surface area (Å²) >= 11 is 5.04. The van der Waals surface area contributed by atoms with Crippen LogP contribution >= 0.6 is 12.2 Å². The molecule has 0 aliphatic heterocycles. The Morgan fingerprint density at radius 2 is 2.14 bits per heavy atom. The van der Waals surface area contributed by atoms with Gasteiger partial charge in [0.05, 0.1) is 0 Å². The SMILES string of the molecule is CC(C)(C)CCn1ccc(=O)[nH]c1=S. The number of rotatable bonds is 2. The lowest BCUT2D eigenvalue weighted by Crippen LogP contribution is -2.15. The number of aryl methyl sites for hydroxylation is 1. The second kappa shape index (κ2) is 4.09.